The van der Waals surface area contributed by atoms with Crippen molar-refractivity contribution >= 4 is 17.2 Å². The van der Waals surface area contributed by atoms with Gasteiger partial charge in [-0.3, -0.25) is 4.98 Å². The van der Waals surface area contributed by atoms with Crippen molar-refractivity contribution in [3.63, 3.8) is 0 Å². The number of halogens is 3. The first-order valence-corrected chi connectivity index (χ1v) is 6.20. The highest BCUT2D eigenvalue weighted by atomic mass is 32.2. The molecule has 1 rings (SSSR count). The summed E-state index contributed by atoms with van der Waals surface area (Å²) in [5, 5.41) is 0. The van der Waals surface area contributed by atoms with Gasteiger partial charge in [0, 0.05) is 24.2 Å². The van der Waals surface area contributed by atoms with Crippen LogP contribution in [0.4, 0.5) is 13.2 Å². The third kappa shape index (κ3) is 3.90. The van der Waals surface area contributed by atoms with Crippen molar-refractivity contribution in [3.8, 4) is 0 Å². The molecule has 3 nitrogen and oxygen atoms in total. The number of hydrogen-bond donors (Lipinski definition) is 0. The minimum Gasteiger partial charge on any atom is -0.264 e. The summed E-state index contributed by atoms with van der Waals surface area (Å²) in [6.45, 7) is 5.08. The Bertz CT molecular complexity index is 478. The zero-order valence-corrected chi connectivity index (χ0v) is 11.0. The van der Waals surface area contributed by atoms with Gasteiger partial charge in [-0.2, -0.15) is 17.6 Å². The standard InChI is InChI=1S/C11H13F3N2OS/c1-10(2,3)18(17)16-6-8-4-5-15-7-9(8)11(12,13)14/h4-7H,1-3H3/t18-/m1/s1. The number of aromatic nitrogens is 1. The van der Waals surface area contributed by atoms with E-state index in [4.69, 9.17) is 0 Å². The molecule has 0 saturated carbocycles. The van der Waals surface area contributed by atoms with E-state index in [2.05, 4.69) is 9.38 Å². The molecule has 0 aliphatic heterocycles. The number of hydrogen-bond acceptors (Lipinski definition) is 2. The fourth-order valence-electron chi connectivity index (χ4n) is 1.02. The molecule has 0 aliphatic carbocycles. The normalized spacial score (nSPS) is 15.0. The van der Waals surface area contributed by atoms with E-state index in [-0.39, 0.29) is 5.56 Å². The average Bonchev–Trinajstić information content (AvgIpc) is 2.23. The molecule has 0 fully saturated rings. The molecule has 7 heteroatoms. The number of alkyl halides is 3. The molecule has 1 aromatic heterocycles. The Balaban J connectivity index is 3.06. The van der Waals surface area contributed by atoms with Crippen LogP contribution in [0.5, 0.6) is 0 Å². The molecule has 0 saturated heterocycles. The second-order valence-electron chi connectivity index (χ2n) is 4.56. The quantitative estimate of drug-likeness (QED) is 0.780. The molecule has 1 atom stereocenters. The summed E-state index contributed by atoms with van der Waals surface area (Å²) in [5.74, 6) is 0. The zero-order valence-electron chi connectivity index (χ0n) is 10.2. The third-order valence-electron chi connectivity index (χ3n) is 1.97. The highest BCUT2D eigenvalue weighted by Gasteiger charge is 2.33. The van der Waals surface area contributed by atoms with Crippen molar-refractivity contribution in [3.05, 3.63) is 29.6 Å². The molecule has 0 N–H and O–H groups in total. The van der Waals surface area contributed by atoms with Gasteiger partial charge in [-0.15, -0.1) is 0 Å². The maximum absolute atomic E-state index is 12.6. The molecule has 1 aromatic rings. The summed E-state index contributed by atoms with van der Waals surface area (Å²) in [6, 6.07) is 1.19. The van der Waals surface area contributed by atoms with Crippen LogP contribution in [-0.4, -0.2) is 20.2 Å². The second-order valence-corrected chi connectivity index (χ2v) is 6.49. The Labute approximate surface area is 106 Å². The maximum Gasteiger partial charge on any atom is 0.418 e. The van der Waals surface area contributed by atoms with Crippen molar-refractivity contribution in [1.29, 1.82) is 0 Å². The van der Waals surface area contributed by atoms with Crippen LogP contribution < -0.4 is 0 Å². The number of nitrogens with zero attached hydrogens (tertiary/aromatic N) is 2. The Morgan fingerprint density at radius 2 is 1.94 bits per heavy atom. The first kappa shape index (κ1) is 14.8. The molecular formula is C11H13F3N2OS. The molecule has 18 heavy (non-hydrogen) atoms. The SMILES string of the molecule is CC(C)(C)[S@@](=O)N=Cc1ccncc1C(F)(F)F. The van der Waals surface area contributed by atoms with Gasteiger partial charge in [0.1, 0.15) is 11.0 Å². The highest BCUT2D eigenvalue weighted by Crippen LogP contribution is 2.30. The minimum atomic E-state index is -4.50. The van der Waals surface area contributed by atoms with E-state index in [1.165, 1.54) is 12.3 Å². The Kier molecular flexibility index (Phi) is 4.26. The van der Waals surface area contributed by atoms with Gasteiger partial charge in [0.05, 0.1) is 10.3 Å². The van der Waals surface area contributed by atoms with Gasteiger partial charge in [-0.05, 0) is 26.8 Å². The summed E-state index contributed by atoms with van der Waals surface area (Å²) in [7, 11) is -1.59. The van der Waals surface area contributed by atoms with E-state index in [9.17, 15) is 17.4 Å². The topological polar surface area (TPSA) is 42.3 Å². The van der Waals surface area contributed by atoms with E-state index in [0.29, 0.717) is 0 Å². The summed E-state index contributed by atoms with van der Waals surface area (Å²) in [5.41, 5.74) is -1.03. The van der Waals surface area contributed by atoms with Gasteiger partial charge in [0.2, 0.25) is 0 Å². The summed E-state index contributed by atoms with van der Waals surface area (Å²) in [4.78, 5) is 3.43. The lowest BCUT2D eigenvalue weighted by Gasteiger charge is -2.13. The summed E-state index contributed by atoms with van der Waals surface area (Å²) < 4.78 is 52.6. The lowest BCUT2D eigenvalue weighted by atomic mass is 10.1. The molecule has 0 unspecified atom stereocenters. The van der Waals surface area contributed by atoms with Gasteiger partial charge in [-0.25, -0.2) is 4.21 Å². The predicted octanol–water partition coefficient (Wildman–Crippen LogP) is 2.98. The largest absolute Gasteiger partial charge is 0.418 e. The maximum atomic E-state index is 12.6. The molecule has 1 heterocycles. The number of rotatable bonds is 2. The van der Waals surface area contributed by atoms with Crippen LogP contribution in [-0.2, 0) is 17.2 Å². The summed E-state index contributed by atoms with van der Waals surface area (Å²) in [6.07, 6.45) is -1.57. The van der Waals surface area contributed by atoms with Crippen LogP contribution in [0.2, 0.25) is 0 Å². The second kappa shape index (κ2) is 5.17. The highest BCUT2D eigenvalue weighted by molar-refractivity contribution is 7.85. The lowest BCUT2D eigenvalue weighted by molar-refractivity contribution is -0.137. The Hall–Kier alpha value is -1.24. The van der Waals surface area contributed by atoms with Gasteiger partial charge in [0.15, 0.2) is 0 Å². The minimum absolute atomic E-state index is 0.143. The van der Waals surface area contributed by atoms with Crippen molar-refractivity contribution in [2.75, 3.05) is 0 Å². The lowest BCUT2D eigenvalue weighted by Crippen LogP contribution is -2.20. The Morgan fingerprint density at radius 3 is 2.44 bits per heavy atom. The van der Waals surface area contributed by atoms with E-state index >= 15 is 0 Å². The molecule has 0 aromatic carbocycles. The molecule has 0 spiro atoms. The average molecular weight is 278 g/mol. The monoisotopic (exact) mass is 278 g/mol. The summed E-state index contributed by atoms with van der Waals surface area (Å²) >= 11 is 0. The predicted molar refractivity (Wildman–Crippen MR) is 64.7 cm³/mol. The van der Waals surface area contributed by atoms with Crippen LogP contribution in [0.15, 0.2) is 22.9 Å². The first-order valence-electron chi connectivity index (χ1n) is 5.09. The fourth-order valence-corrected chi connectivity index (χ4v) is 1.54. The van der Waals surface area contributed by atoms with Crippen LogP contribution in [0, 0.1) is 0 Å². The molecule has 0 amide bonds. The van der Waals surface area contributed by atoms with Crippen LogP contribution in [0.25, 0.3) is 0 Å². The molecular weight excluding hydrogens is 265 g/mol. The van der Waals surface area contributed by atoms with E-state index < -0.39 is 27.5 Å². The van der Waals surface area contributed by atoms with Crippen molar-refractivity contribution < 1.29 is 17.4 Å². The fraction of sp³-hybridized carbons (Fsp3) is 0.455. The molecule has 100 valence electrons. The first-order chi connectivity index (χ1) is 8.12. The van der Waals surface area contributed by atoms with Crippen molar-refractivity contribution in [2.24, 2.45) is 4.40 Å². The van der Waals surface area contributed by atoms with Crippen LogP contribution in [0.1, 0.15) is 31.9 Å². The van der Waals surface area contributed by atoms with Crippen molar-refractivity contribution in [2.45, 2.75) is 31.7 Å². The van der Waals surface area contributed by atoms with Gasteiger partial charge >= 0.3 is 6.18 Å². The van der Waals surface area contributed by atoms with Crippen LogP contribution >= 0.6 is 0 Å². The van der Waals surface area contributed by atoms with Gasteiger partial charge in [-0.1, -0.05) is 0 Å². The van der Waals surface area contributed by atoms with Crippen LogP contribution in [0.3, 0.4) is 0 Å². The zero-order chi connectivity index (χ0) is 14.0. The van der Waals surface area contributed by atoms with Gasteiger partial charge in [0.25, 0.3) is 0 Å². The molecule has 0 bridgehead atoms. The van der Waals surface area contributed by atoms with E-state index in [0.717, 1.165) is 12.4 Å². The van der Waals surface area contributed by atoms with Crippen molar-refractivity contribution in [1.82, 2.24) is 4.98 Å². The molecule has 0 aliphatic rings. The van der Waals surface area contributed by atoms with E-state index in [1.54, 1.807) is 20.8 Å². The smallest absolute Gasteiger partial charge is 0.264 e. The van der Waals surface area contributed by atoms with Gasteiger partial charge < -0.3 is 0 Å². The number of pyridine rings is 1. The molecule has 0 radical (unpaired) electrons. The Morgan fingerprint density at radius 1 is 1.33 bits per heavy atom. The van der Waals surface area contributed by atoms with E-state index in [1.807, 2.05) is 0 Å². The third-order valence-corrected chi connectivity index (χ3v) is 3.32.